The number of benzene rings is 5. The largest absolute Gasteiger partial charge is 0.465 e. The number of methoxy groups -OCH3 is 1. The molecule has 53 heavy (non-hydrogen) atoms. The van der Waals surface area contributed by atoms with Crippen LogP contribution in [0.1, 0.15) is 32.6 Å². The summed E-state index contributed by atoms with van der Waals surface area (Å²) >= 11 is 0. The molecule has 2 bridgehead atoms. The lowest BCUT2D eigenvalue weighted by Gasteiger charge is -2.39. The summed E-state index contributed by atoms with van der Waals surface area (Å²) in [5.74, 6) is -1.97. The number of anilines is 1. The highest BCUT2D eigenvalue weighted by Gasteiger charge is 2.82. The molecule has 3 aliphatic heterocycles. The molecule has 0 spiro atoms. The Balaban J connectivity index is 1.32. The summed E-state index contributed by atoms with van der Waals surface area (Å²) < 4.78 is 28.0. The fourth-order valence-electron chi connectivity index (χ4n) is 9.35. The molecule has 10 heteroatoms. The molecule has 10 nitrogen and oxygen atoms in total. The van der Waals surface area contributed by atoms with Crippen LogP contribution >= 0.6 is 0 Å². The van der Waals surface area contributed by atoms with Crippen LogP contribution in [0.15, 0.2) is 121 Å². The van der Waals surface area contributed by atoms with Gasteiger partial charge in [0.25, 0.3) is 0 Å². The van der Waals surface area contributed by atoms with Crippen LogP contribution in [0.4, 0.5) is 5.69 Å². The van der Waals surface area contributed by atoms with Crippen molar-refractivity contribution < 1.29 is 42.9 Å². The summed E-state index contributed by atoms with van der Waals surface area (Å²) in [5, 5.41) is 0. The number of hydrogen-bond acceptors (Lipinski definition) is 9. The molecule has 10 rings (SSSR count). The predicted octanol–water partition coefficient (Wildman–Crippen LogP) is 6.12. The van der Waals surface area contributed by atoms with Crippen molar-refractivity contribution >= 4 is 40.4 Å². The Kier molecular flexibility index (Phi) is 6.54. The van der Waals surface area contributed by atoms with Crippen molar-refractivity contribution in [3.05, 3.63) is 149 Å². The first-order chi connectivity index (χ1) is 25.9. The van der Waals surface area contributed by atoms with Gasteiger partial charge in [0.15, 0.2) is 28.8 Å². The lowest BCUT2D eigenvalue weighted by atomic mass is 9.59. The summed E-state index contributed by atoms with van der Waals surface area (Å²) in [6, 6.07) is 35.7. The molecule has 1 saturated heterocycles. The molecule has 2 amide bonds. The summed E-state index contributed by atoms with van der Waals surface area (Å²) in [4.78, 5) is 60.3. The Labute approximate surface area is 303 Å². The van der Waals surface area contributed by atoms with Gasteiger partial charge in [-0.25, -0.2) is 9.69 Å². The topological polar surface area (TPSA) is 118 Å². The number of ether oxygens (including phenoxy) is 5. The third kappa shape index (κ3) is 3.92. The maximum absolute atomic E-state index is 16.2. The number of hydrogen-bond donors (Lipinski definition) is 0. The van der Waals surface area contributed by atoms with Crippen LogP contribution in [-0.2, 0) is 30.0 Å². The molecule has 5 aliphatic rings. The normalized spacial score (nSPS) is 24.6. The van der Waals surface area contributed by atoms with Gasteiger partial charge in [-0.2, -0.15) is 0 Å². The van der Waals surface area contributed by atoms with E-state index in [-0.39, 0.29) is 30.6 Å². The quantitative estimate of drug-likeness (QED) is 0.152. The maximum Gasteiger partial charge on any atom is 0.337 e. The van der Waals surface area contributed by atoms with Gasteiger partial charge < -0.3 is 23.7 Å². The molecule has 2 aliphatic carbocycles. The maximum atomic E-state index is 16.2. The molecule has 0 radical (unpaired) electrons. The van der Waals surface area contributed by atoms with E-state index in [0.717, 1.165) is 0 Å². The number of nitrogens with zero attached hydrogens (tertiary/aromatic N) is 1. The number of Topliss-reactive ketones (excluding diaryl/α,β-unsaturated/α-hetero) is 1. The minimum atomic E-state index is -1.63. The molecule has 260 valence electrons. The molecule has 0 aromatic heterocycles. The van der Waals surface area contributed by atoms with E-state index in [1.54, 1.807) is 24.3 Å². The molecule has 1 saturated carbocycles. The van der Waals surface area contributed by atoms with Crippen LogP contribution in [-0.4, -0.2) is 44.3 Å². The van der Waals surface area contributed by atoms with Crippen molar-refractivity contribution in [2.45, 2.75) is 10.8 Å². The molecule has 5 aromatic rings. The van der Waals surface area contributed by atoms with Crippen molar-refractivity contribution in [3.63, 3.8) is 0 Å². The predicted molar refractivity (Wildman–Crippen MR) is 190 cm³/mol. The first-order valence-corrected chi connectivity index (χ1v) is 17.2. The first-order valence-electron chi connectivity index (χ1n) is 17.2. The summed E-state index contributed by atoms with van der Waals surface area (Å²) in [7, 11) is 1.28. The van der Waals surface area contributed by atoms with Gasteiger partial charge >= 0.3 is 5.97 Å². The van der Waals surface area contributed by atoms with Gasteiger partial charge in [0, 0.05) is 0 Å². The fraction of sp³-hybridized carbons (Fsp3) is 0.163. The van der Waals surface area contributed by atoms with Gasteiger partial charge in [0.05, 0.1) is 41.0 Å². The third-order valence-corrected chi connectivity index (χ3v) is 11.3. The number of imide groups is 1. The second kappa shape index (κ2) is 11.2. The van der Waals surface area contributed by atoms with E-state index in [4.69, 9.17) is 23.7 Å². The second-order valence-corrected chi connectivity index (χ2v) is 13.6. The highest BCUT2D eigenvalue weighted by atomic mass is 16.7. The minimum absolute atomic E-state index is 0.0466. The minimum Gasteiger partial charge on any atom is -0.465 e. The van der Waals surface area contributed by atoms with Crippen molar-refractivity contribution in [1.29, 1.82) is 0 Å². The van der Waals surface area contributed by atoms with Crippen molar-refractivity contribution in [1.82, 2.24) is 0 Å². The van der Waals surface area contributed by atoms with Gasteiger partial charge in [-0.05, 0) is 81.9 Å². The van der Waals surface area contributed by atoms with E-state index < -0.39 is 40.4 Å². The Morgan fingerprint density at radius 3 is 1.51 bits per heavy atom. The fourth-order valence-corrected chi connectivity index (χ4v) is 9.35. The SMILES string of the molecule is COC(=O)c1ccc(N2C(=O)[C@@H]3[C@H](C2=O)[C@@]2(c4ccccc4)C(=O)[C@@]3(c3ccccc3)C(c3ccc4c(c3)OCO4)=C2c2ccc3c(c2)OCO3)cc1. The highest BCUT2D eigenvalue weighted by Crippen LogP contribution is 2.74. The third-order valence-electron chi connectivity index (χ3n) is 11.3. The Morgan fingerprint density at radius 2 is 1.06 bits per heavy atom. The van der Waals surface area contributed by atoms with Crippen LogP contribution in [0, 0.1) is 11.8 Å². The van der Waals surface area contributed by atoms with Crippen molar-refractivity contribution in [2.75, 3.05) is 25.6 Å². The first kappa shape index (κ1) is 31.1. The second-order valence-electron chi connectivity index (χ2n) is 13.6. The molecular formula is C43H29NO9. The molecule has 2 fully saturated rings. The summed E-state index contributed by atoms with van der Waals surface area (Å²) in [5.41, 5.74) is 0.964. The molecular weight excluding hydrogens is 674 g/mol. The average Bonchev–Trinajstić information content (AvgIpc) is 4.01. The standard InChI is InChI=1S/C43H29NO9/c1-49-40(47)24-12-16-29(17-13-24)44-38(45)36-37(39(44)46)43(28-10-6-3-7-11-28)35(26-15-19-31-33(21-26)53-23-51-31)34(25-14-18-30-32(20-25)52-22-50-30)42(36,41(43)48)27-8-4-2-5-9-27/h2-21,36-37H,22-23H2,1H3/t36-,37+,42-,43-/m0/s1. The lowest BCUT2D eigenvalue weighted by molar-refractivity contribution is -0.130. The van der Waals surface area contributed by atoms with E-state index in [0.29, 0.717) is 56.4 Å². The van der Waals surface area contributed by atoms with Gasteiger partial charge in [-0.3, -0.25) is 14.4 Å². The van der Waals surface area contributed by atoms with Crippen LogP contribution in [0.25, 0.3) is 11.1 Å². The molecule has 0 unspecified atom stereocenters. The zero-order valence-electron chi connectivity index (χ0n) is 28.2. The van der Waals surface area contributed by atoms with Crippen LogP contribution < -0.4 is 23.8 Å². The molecule has 3 heterocycles. The number of carbonyl (C=O) groups is 4. The molecule has 5 aromatic carbocycles. The number of amides is 2. The lowest BCUT2D eigenvalue weighted by Crippen LogP contribution is -2.45. The van der Waals surface area contributed by atoms with Crippen LogP contribution in [0.5, 0.6) is 23.0 Å². The zero-order valence-corrected chi connectivity index (χ0v) is 28.2. The highest BCUT2D eigenvalue weighted by molar-refractivity contribution is 6.39. The van der Waals surface area contributed by atoms with E-state index in [2.05, 4.69) is 0 Å². The van der Waals surface area contributed by atoms with E-state index in [1.165, 1.54) is 24.1 Å². The summed E-state index contributed by atoms with van der Waals surface area (Å²) in [6.07, 6.45) is 0. The van der Waals surface area contributed by atoms with Gasteiger partial charge in [0.1, 0.15) is 0 Å². The monoisotopic (exact) mass is 703 g/mol. The molecule has 0 N–H and O–H groups in total. The Hall–Kier alpha value is -6.68. The van der Waals surface area contributed by atoms with E-state index in [1.807, 2.05) is 84.9 Å². The Morgan fingerprint density at radius 1 is 0.604 bits per heavy atom. The van der Waals surface area contributed by atoms with E-state index in [9.17, 15) is 4.79 Å². The van der Waals surface area contributed by atoms with Gasteiger partial charge in [-0.1, -0.05) is 72.8 Å². The zero-order chi connectivity index (χ0) is 36.1. The smallest absolute Gasteiger partial charge is 0.337 e. The van der Waals surface area contributed by atoms with Crippen molar-refractivity contribution in [2.24, 2.45) is 11.8 Å². The number of ketones is 1. The van der Waals surface area contributed by atoms with Gasteiger partial charge in [0.2, 0.25) is 25.4 Å². The number of rotatable bonds is 6. The van der Waals surface area contributed by atoms with Gasteiger partial charge in [-0.15, -0.1) is 0 Å². The number of carbonyl (C=O) groups excluding carboxylic acids is 4. The molecule has 4 atom stereocenters. The van der Waals surface area contributed by atoms with Crippen LogP contribution in [0.2, 0.25) is 0 Å². The Bertz CT molecular complexity index is 2300. The van der Waals surface area contributed by atoms with Crippen LogP contribution in [0.3, 0.4) is 0 Å². The van der Waals surface area contributed by atoms with E-state index >= 15 is 14.4 Å². The average molecular weight is 704 g/mol. The van der Waals surface area contributed by atoms with Crippen molar-refractivity contribution in [3.8, 4) is 23.0 Å². The number of esters is 1. The number of allylic oxidation sites excluding steroid dienone is 2. The summed E-state index contributed by atoms with van der Waals surface area (Å²) in [6.45, 7) is 0.0932. The number of fused-ring (bicyclic) bond motifs is 7.